The number of aromatic amines is 1. The second-order valence-corrected chi connectivity index (χ2v) is 4.88. The molecule has 2 aromatic rings. The normalized spacial score (nSPS) is 11.7. The van der Waals surface area contributed by atoms with Gasteiger partial charge >= 0.3 is 0 Å². The van der Waals surface area contributed by atoms with Gasteiger partial charge in [-0.3, -0.25) is 4.79 Å². The van der Waals surface area contributed by atoms with Crippen LogP contribution in [0.2, 0.25) is 0 Å². The SMILES string of the molecule is CCC(CC)(CO)NC(=O)c1ccc2cc[nH]c2c1. The monoisotopic (exact) mass is 260 g/mol. The molecule has 4 heteroatoms. The summed E-state index contributed by atoms with van der Waals surface area (Å²) in [6.07, 6.45) is 3.26. The third-order valence-corrected chi connectivity index (χ3v) is 3.85. The molecule has 1 heterocycles. The van der Waals surface area contributed by atoms with E-state index in [2.05, 4.69) is 10.3 Å². The van der Waals surface area contributed by atoms with Crippen molar-refractivity contribution < 1.29 is 9.90 Å². The van der Waals surface area contributed by atoms with E-state index >= 15 is 0 Å². The lowest BCUT2D eigenvalue weighted by Gasteiger charge is -2.30. The fourth-order valence-corrected chi connectivity index (χ4v) is 2.19. The van der Waals surface area contributed by atoms with Gasteiger partial charge in [-0.25, -0.2) is 0 Å². The summed E-state index contributed by atoms with van der Waals surface area (Å²) < 4.78 is 0. The van der Waals surface area contributed by atoms with Crippen LogP contribution in [0.4, 0.5) is 0 Å². The van der Waals surface area contributed by atoms with Gasteiger partial charge in [0, 0.05) is 17.3 Å². The van der Waals surface area contributed by atoms with Crippen molar-refractivity contribution in [2.24, 2.45) is 0 Å². The summed E-state index contributed by atoms with van der Waals surface area (Å²) in [6.45, 7) is 3.89. The molecule has 0 fully saturated rings. The molecule has 0 spiro atoms. The average Bonchev–Trinajstić information content (AvgIpc) is 2.92. The molecule has 0 aliphatic rings. The molecule has 102 valence electrons. The van der Waals surface area contributed by atoms with Gasteiger partial charge in [-0.1, -0.05) is 19.9 Å². The molecule has 0 saturated heterocycles. The number of benzene rings is 1. The molecule has 0 aliphatic heterocycles. The van der Waals surface area contributed by atoms with Crippen LogP contribution in [0.5, 0.6) is 0 Å². The number of aliphatic hydroxyl groups is 1. The summed E-state index contributed by atoms with van der Waals surface area (Å²) in [7, 11) is 0. The number of hydrogen-bond donors (Lipinski definition) is 3. The van der Waals surface area contributed by atoms with E-state index in [0.717, 1.165) is 10.9 Å². The molecular formula is C15H20N2O2. The maximum Gasteiger partial charge on any atom is 0.251 e. The fraction of sp³-hybridized carbons (Fsp3) is 0.400. The molecule has 0 unspecified atom stereocenters. The molecule has 2 rings (SSSR count). The summed E-state index contributed by atoms with van der Waals surface area (Å²) in [5.74, 6) is -0.144. The van der Waals surface area contributed by atoms with Crippen LogP contribution in [-0.2, 0) is 0 Å². The highest BCUT2D eigenvalue weighted by Gasteiger charge is 2.27. The first kappa shape index (κ1) is 13.6. The first-order chi connectivity index (χ1) is 9.14. The van der Waals surface area contributed by atoms with Gasteiger partial charge in [-0.15, -0.1) is 0 Å². The minimum atomic E-state index is -0.526. The second-order valence-electron chi connectivity index (χ2n) is 4.88. The molecule has 1 aromatic heterocycles. The Morgan fingerprint density at radius 1 is 1.32 bits per heavy atom. The van der Waals surface area contributed by atoms with Crippen molar-refractivity contribution in [3.05, 3.63) is 36.0 Å². The highest BCUT2D eigenvalue weighted by atomic mass is 16.3. The minimum absolute atomic E-state index is 0.0452. The maximum absolute atomic E-state index is 12.3. The highest BCUT2D eigenvalue weighted by molar-refractivity contribution is 5.98. The second kappa shape index (κ2) is 5.45. The van der Waals surface area contributed by atoms with Crippen LogP contribution in [0.25, 0.3) is 10.9 Å². The summed E-state index contributed by atoms with van der Waals surface area (Å²) in [6, 6.07) is 7.52. The molecular weight excluding hydrogens is 240 g/mol. The Morgan fingerprint density at radius 2 is 2.05 bits per heavy atom. The number of carbonyl (C=O) groups excluding carboxylic acids is 1. The lowest BCUT2D eigenvalue weighted by atomic mass is 9.93. The van der Waals surface area contributed by atoms with Crippen molar-refractivity contribution in [3.63, 3.8) is 0 Å². The Kier molecular flexibility index (Phi) is 3.90. The van der Waals surface area contributed by atoms with Gasteiger partial charge in [0.25, 0.3) is 5.91 Å². The molecule has 0 aliphatic carbocycles. The first-order valence-electron chi connectivity index (χ1n) is 6.64. The first-order valence-corrected chi connectivity index (χ1v) is 6.64. The third-order valence-electron chi connectivity index (χ3n) is 3.85. The summed E-state index contributed by atoms with van der Waals surface area (Å²) in [5.41, 5.74) is 1.02. The standard InChI is InChI=1S/C15H20N2O2/c1-3-15(4-2,10-18)17-14(19)12-6-5-11-7-8-16-13(11)9-12/h5-9,16,18H,3-4,10H2,1-2H3,(H,17,19). The van der Waals surface area contributed by atoms with E-state index in [1.54, 1.807) is 6.07 Å². The Labute approximate surface area is 112 Å². The molecule has 1 amide bonds. The molecule has 4 nitrogen and oxygen atoms in total. The lowest BCUT2D eigenvalue weighted by Crippen LogP contribution is -2.50. The summed E-state index contributed by atoms with van der Waals surface area (Å²) in [4.78, 5) is 15.4. The topological polar surface area (TPSA) is 65.1 Å². The number of aromatic nitrogens is 1. The van der Waals surface area contributed by atoms with Crippen LogP contribution in [0.1, 0.15) is 37.0 Å². The van der Waals surface area contributed by atoms with Crippen LogP contribution in [0.15, 0.2) is 30.5 Å². The largest absolute Gasteiger partial charge is 0.394 e. The Balaban J connectivity index is 2.23. The van der Waals surface area contributed by atoms with Crippen LogP contribution in [0, 0.1) is 0 Å². The minimum Gasteiger partial charge on any atom is -0.394 e. The zero-order valence-electron chi connectivity index (χ0n) is 11.4. The number of hydrogen-bond acceptors (Lipinski definition) is 2. The van der Waals surface area contributed by atoms with E-state index < -0.39 is 5.54 Å². The Hall–Kier alpha value is -1.81. The lowest BCUT2D eigenvalue weighted by molar-refractivity contribution is 0.0818. The van der Waals surface area contributed by atoms with Gasteiger partial charge in [0.2, 0.25) is 0 Å². The molecule has 3 N–H and O–H groups in total. The van der Waals surface area contributed by atoms with E-state index in [4.69, 9.17) is 0 Å². The van der Waals surface area contributed by atoms with Gasteiger partial charge in [0.1, 0.15) is 0 Å². The Bertz CT molecular complexity index is 562. The summed E-state index contributed by atoms with van der Waals surface area (Å²) >= 11 is 0. The highest BCUT2D eigenvalue weighted by Crippen LogP contribution is 2.18. The number of rotatable bonds is 5. The van der Waals surface area contributed by atoms with E-state index in [9.17, 15) is 9.90 Å². The van der Waals surface area contributed by atoms with Crippen molar-refractivity contribution in [1.29, 1.82) is 0 Å². The van der Waals surface area contributed by atoms with Gasteiger partial charge in [-0.05, 0) is 36.4 Å². The van der Waals surface area contributed by atoms with Crippen LogP contribution < -0.4 is 5.32 Å². The van der Waals surface area contributed by atoms with Gasteiger partial charge in [0.15, 0.2) is 0 Å². The van der Waals surface area contributed by atoms with Crippen molar-refractivity contribution >= 4 is 16.8 Å². The number of amides is 1. The maximum atomic E-state index is 12.3. The van der Waals surface area contributed by atoms with Crippen molar-refractivity contribution in [2.45, 2.75) is 32.2 Å². The van der Waals surface area contributed by atoms with E-state index in [-0.39, 0.29) is 12.5 Å². The van der Waals surface area contributed by atoms with E-state index in [1.165, 1.54) is 0 Å². The predicted molar refractivity (Wildman–Crippen MR) is 76.2 cm³/mol. The number of H-pyrrole nitrogens is 1. The predicted octanol–water partition coefficient (Wildman–Crippen LogP) is 2.45. The van der Waals surface area contributed by atoms with Crippen LogP contribution >= 0.6 is 0 Å². The number of aliphatic hydroxyl groups excluding tert-OH is 1. The molecule has 0 atom stereocenters. The van der Waals surface area contributed by atoms with Gasteiger partial charge < -0.3 is 15.4 Å². The molecule has 19 heavy (non-hydrogen) atoms. The smallest absolute Gasteiger partial charge is 0.251 e. The fourth-order valence-electron chi connectivity index (χ4n) is 2.19. The third kappa shape index (κ3) is 2.63. The molecule has 1 aromatic carbocycles. The number of carbonyl (C=O) groups is 1. The molecule has 0 bridgehead atoms. The van der Waals surface area contributed by atoms with Gasteiger partial charge in [-0.2, -0.15) is 0 Å². The number of nitrogens with one attached hydrogen (secondary N) is 2. The van der Waals surface area contributed by atoms with Gasteiger partial charge in [0.05, 0.1) is 12.1 Å². The van der Waals surface area contributed by atoms with Crippen molar-refractivity contribution in [1.82, 2.24) is 10.3 Å². The Morgan fingerprint density at radius 3 is 2.68 bits per heavy atom. The zero-order valence-corrected chi connectivity index (χ0v) is 11.4. The number of fused-ring (bicyclic) bond motifs is 1. The van der Waals surface area contributed by atoms with Crippen molar-refractivity contribution in [3.8, 4) is 0 Å². The molecule has 0 saturated carbocycles. The quantitative estimate of drug-likeness (QED) is 0.773. The molecule has 0 radical (unpaired) electrons. The van der Waals surface area contributed by atoms with Crippen LogP contribution in [0.3, 0.4) is 0 Å². The average molecular weight is 260 g/mol. The van der Waals surface area contributed by atoms with Crippen molar-refractivity contribution in [2.75, 3.05) is 6.61 Å². The van der Waals surface area contributed by atoms with Crippen LogP contribution in [-0.4, -0.2) is 28.1 Å². The summed E-state index contributed by atoms with van der Waals surface area (Å²) in [5, 5.41) is 13.5. The van der Waals surface area contributed by atoms with E-state index in [1.807, 2.05) is 38.2 Å². The zero-order chi connectivity index (χ0) is 13.9. The van der Waals surface area contributed by atoms with E-state index in [0.29, 0.717) is 18.4 Å².